The van der Waals surface area contributed by atoms with Crippen molar-refractivity contribution < 1.29 is 4.79 Å². The van der Waals surface area contributed by atoms with Gasteiger partial charge in [0.1, 0.15) is 0 Å². The van der Waals surface area contributed by atoms with E-state index in [9.17, 15) is 4.79 Å². The maximum atomic E-state index is 12.4. The molecule has 1 aromatic heterocycles. The number of carbonyl (C=O) groups excluding carboxylic acids is 1. The number of benzene rings is 1. The number of anilines is 1. The number of fused-ring (bicyclic) bond motifs is 1. The lowest BCUT2D eigenvalue weighted by Crippen LogP contribution is -2.28. The molecular formula is C15H14N2O. The second-order valence-electron chi connectivity index (χ2n) is 4.58. The van der Waals surface area contributed by atoms with Gasteiger partial charge >= 0.3 is 0 Å². The monoisotopic (exact) mass is 238 g/mol. The van der Waals surface area contributed by atoms with E-state index in [1.807, 2.05) is 17.9 Å². The Hall–Kier alpha value is -2.16. The third-order valence-electron chi connectivity index (χ3n) is 3.29. The number of amides is 1. The van der Waals surface area contributed by atoms with Gasteiger partial charge in [-0.1, -0.05) is 12.1 Å². The number of hydrogen-bond acceptors (Lipinski definition) is 2. The van der Waals surface area contributed by atoms with Crippen LogP contribution in [0, 0.1) is 6.92 Å². The van der Waals surface area contributed by atoms with Gasteiger partial charge in [0, 0.05) is 24.6 Å². The molecule has 0 bridgehead atoms. The first-order chi connectivity index (χ1) is 8.75. The Bertz CT molecular complexity index is 593. The average Bonchev–Trinajstić information content (AvgIpc) is 2.82. The summed E-state index contributed by atoms with van der Waals surface area (Å²) in [7, 11) is 0. The highest BCUT2D eigenvalue weighted by Crippen LogP contribution is 2.29. The van der Waals surface area contributed by atoms with Crippen LogP contribution in [0.2, 0.25) is 0 Å². The third kappa shape index (κ3) is 1.78. The Morgan fingerprint density at radius 2 is 2.22 bits per heavy atom. The van der Waals surface area contributed by atoms with Gasteiger partial charge in [0.2, 0.25) is 0 Å². The first-order valence-corrected chi connectivity index (χ1v) is 6.07. The van der Waals surface area contributed by atoms with Gasteiger partial charge in [-0.05, 0) is 42.7 Å². The molecule has 2 aromatic rings. The largest absolute Gasteiger partial charge is 0.308 e. The Balaban J connectivity index is 1.97. The lowest BCUT2D eigenvalue weighted by molar-refractivity contribution is 0.0989. The van der Waals surface area contributed by atoms with Gasteiger partial charge in [-0.15, -0.1) is 0 Å². The number of aryl methyl sites for hydroxylation is 1. The molecule has 3 heteroatoms. The number of nitrogens with zero attached hydrogens (tertiary/aromatic N) is 2. The molecule has 0 radical (unpaired) electrons. The molecule has 0 spiro atoms. The van der Waals surface area contributed by atoms with E-state index in [-0.39, 0.29) is 5.91 Å². The Morgan fingerprint density at radius 3 is 3.00 bits per heavy atom. The zero-order valence-corrected chi connectivity index (χ0v) is 10.3. The molecule has 0 fully saturated rings. The maximum absolute atomic E-state index is 12.4. The van der Waals surface area contributed by atoms with Gasteiger partial charge in [-0.3, -0.25) is 9.78 Å². The van der Waals surface area contributed by atoms with E-state index < -0.39 is 0 Å². The molecule has 2 heterocycles. The van der Waals surface area contributed by atoms with Crippen LogP contribution in [0.5, 0.6) is 0 Å². The van der Waals surface area contributed by atoms with Crippen molar-refractivity contribution in [3.05, 3.63) is 59.4 Å². The second-order valence-corrected chi connectivity index (χ2v) is 4.58. The van der Waals surface area contributed by atoms with Crippen molar-refractivity contribution >= 4 is 11.6 Å². The first-order valence-electron chi connectivity index (χ1n) is 6.07. The van der Waals surface area contributed by atoms with Gasteiger partial charge in [0.05, 0.1) is 5.56 Å². The summed E-state index contributed by atoms with van der Waals surface area (Å²) < 4.78 is 0. The molecule has 0 saturated carbocycles. The summed E-state index contributed by atoms with van der Waals surface area (Å²) in [6, 6.07) is 9.89. The number of rotatable bonds is 1. The Morgan fingerprint density at radius 1 is 1.33 bits per heavy atom. The van der Waals surface area contributed by atoms with Crippen LogP contribution in [-0.2, 0) is 6.42 Å². The number of carbonyl (C=O) groups is 1. The molecule has 3 nitrogen and oxygen atoms in total. The SMILES string of the molecule is Cc1ccc2c(c1)N(C(=O)c1cccnc1)CC2. The topological polar surface area (TPSA) is 33.2 Å². The minimum absolute atomic E-state index is 0.0347. The fourth-order valence-corrected chi connectivity index (χ4v) is 2.35. The van der Waals surface area contributed by atoms with Crippen LogP contribution in [0.4, 0.5) is 5.69 Å². The molecule has 0 atom stereocenters. The summed E-state index contributed by atoms with van der Waals surface area (Å²) in [5, 5.41) is 0. The van der Waals surface area contributed by atoms with Crippen LogP contribution in [0.15, 0.2) is 42.7 Å². The van der Waals surface area contributed by atoms with Crippen molar-refractivity contribution in [1.29, 1.82) is 0 Å². The fourth-order valence-electron chi connectivity index (χ4n) is 2.35. The smallest absolute Gasteiger partial charge is 0.259 e. The molecular weight excluding hydrogens is 224 g/mol. The van der Waals surface area contributed by atoms with E-state index in [0.29, 0.717) is 5.56 Å². The maximum Gasteiger partial charge on any atom is 0.259 e. The molecule has 3 rings (SSSR count). The van der Waals surface area contributed by atoms with Gasteiger partial charge < -0.3 is 4.90 Å². The van der Waals surface area contributed by atoms with Crippen molar-refractivity contribution in [2.45, 2.75) is 13.3 Å². The Kier molecular flexibility index (Phi) is 2.59. The van der Waals surface area contributed by atoms with Crippen molar-refractivity contribution in [2.24, 2.45) is 0 Å². The fraction of sp³-hybridized carbons (Fsp3) is 0.200. The number of hydrogen-bond donors (Lipinski definition) is 0. The molecule has 0 unspecified atom stereocenters. The van der Waals surface area contributed by atoms with Crippen molar-refractivity contribution in [3.63, 3.8) is 0 Å². The quantitative estimate of drug-likeness (QED) is 0.765. The van der Waals surface area contributed by atoms with Crippen LogP contribution >= 0.6 is 0 Å². The average molecular weight is 238 g/mol. The van der Waals surface area contributed by atoms with E-state index in [1.165, 1.54) is 11.1 Å². The Labute approximate surface area is 106 Å². The highest BCUT2D eigenvalue weighted by Gasteiger charge is 2.25. The standard InChI is InChI=1S/C15H14N2O/c1-11-4-5-12-6-8-17(14(12)9-11)15(18)13-3-2-7-16-10-13/h2-5,7,9-10H,6,8H2,1H3. The molecule has 0 aliphatic carbocycles. The lowest BCUT2D eigenvalue weighted by Gasteiger charge is -2.17. The van der Waals surface area contributed by atoms with Gasteiger partial charge in [0.25, 0.3) is 5.91 Å². The first kappa shape index (κ1) is 11.0. The molecule has 1 aliphatic rings. The van der Waals surface area contributed by atoms with E-state index in [2.05, 4.69) is 23.2 Å². The second kappa shape index (κ2) is 4.26. The third-order valence-corrected chi connectivity index (χ3v) is 3.29. The summed E-state index contributed by atoms with van der Waals surface area (Å²) in [6.07, 6.45) is 4.23. The highest BCUT2D eigenvalue weighted by molar-refractivity contribution is 6.07. The van der Waals surface area contributed by atoms with E-state index in [1.54, 1.807) is 18.5 Å². The molecule has 0 saturated heterocycles. The van der Waals surface area contributed by atoms with Crippen LogP contribution in [-0.4, -0.2) is 17.4 Å². The van der Waals surface area contributed by atoms with Crippen LogP contribution in [0.1, 0.15) is 21.5 Å². The minimum atomic E-state index is 0.0347. The lowest BCUT2D eigenvalue weighted by atomic mass is 10.1. The normalized spacial score (nSPS) is 13.5. The number of pyridine rings is 1. The number of aromatic nitrogens is 1. The van der Waals surface area contributed by atoms with E-state index in [0.717, 1.165) is 18.7 Å². The van der Waals surface area contributed by atoms with E-state index in [4.69, 9.17) is 0 Å². The van der Waals surface area contributed by atoms with Gasteiger partial charge in [0.15, 0.2) is 0 Å². The van der Waals surface area contributed by atoms with E-state index >= 15 is 0 Å². The van der Waals surface area contributed by atoms with Crippen molar-refractivity contribution in [3.8, 4) is 0 Å². The van der Waals surface area contributed by atoms with Gasteiger partial charge in [-0.25, -0.2) is 0 Å². The highest BCUT2D eigenvalue weighted by atomic mass is 16.2. The van der Waals surface area contributed by atoms with Crippen LogP contribution < -0.4 is 4.90 Å². The summed E-state index contributed by atoms with van der Waals surface area (Å²) in [4.78, 5) is 18.3. The molecule has 90 valence electrons. The summed E-state index contributed by atoms with van der Waals surface area (Å²) in [5.74, 6) is 0.0347. The van der Waals surface area contributed by atoms with Crippen LogP contribution in [0.3, 0.4) is 0 Å². The van der Waals surface area contributed by atoms with Crippen LogP contribution in [0.25, 0.3) is 0 Å². The zero-order chi connectivity index (χ0) is 12.5. The zero-order valence-electron chi connectivity index (χ0n) is 10.3. The summed E-state index contributed by atoms with van der Waals surface area (Å²) in [6.45, 7) is 2.80. The van der Waals surface area contributed by atoms with Crippen molar-refractivity contribution in [2.75, 3.05) is 11.4 Å². The molecule has 0 N–H and O–H groups in total. The predicted octanol–water partition coefficient (Wildman–Crippen LogP) is 2.59. The van der Waals surface area contributed by atoms with Crippen molar-refractivity contribution in [1.82, 2.24) is 4.98 Å². The molecule has 1 aliphatic heterocycles. The molecule has 1 amide bonds. The summed E-state index contributed by atoms with van der Waals surface area (Å²) >= 11 is 0. The predicted molar refractivity (Wildman–Crippen MR) is 70.8 cm³/mol. The molecule has 18 heavy (non-hydrogen) atoms. The molecule has 1 aromatic carbocycles. The minimum Gasteiger partial charge on any atom is -0.308 e. The van der Waals surface area contributed by atoms with Gasteiger partial charge in [-0.2, -0.15) is 0 Å². The summed E-state index contributed by atoms with van der Waals surface area (Å²) in [5.41, 5.74) is 4.12.